The second-order valence-electron chi connectivity index (χ2n) is 5.84. The van der Waals surface area contributed by atoms with Crippen LogP contribution < -0.4 is 5.73 Å². The zero-order chi connectivity index (χ0) is 10.6. The maximum Gasteiger partial charge on any atom is 0.0182 e. The Balaban J connectivity index is 1.97. The molecule has 0 aromatic heterocycles. The Morgan fingerprint density at radius 1 is 0.667 bits per heavy atom. The number of hydrogen-bond donors (Lipinski definition) is 1. The topological polar surface area (TPSA) is 26.0 Å². The summed E-state index contributed by atoms with van der Waals surface area (Å²) in [5.74, 6) is 0.845. The highest BCUT2D eigenvalue weighted by Gasteiger charge is 2.34. The Hall–Kier alpha value is -0.0400. The van der Waals surface area contributed by atoms with Crippen molar-refractivity contribution in [2.24, 2.45) is 11.7 Å². The van der Waals surface area contributed by atoms with Crippen LogP contribution in [-0.4, -0.2) is 5.54 Å². The van der Waals surface area contributed by atoms with E-state index < -0.39 is 0 Å². The van der Waals surface area contributed by atoms with Gasteiger partial charge in [0.25, 0.3) is 0 Å². The predicted molar refractivity (Wildman–Crippen MR) is 65.8 cm³/mol. The van der Waals surface area contributed by atoms with Gasteiger partial charge in [0.2, 0.25) is 0 Å². The van der Waals surface area contributed by atoms with Gasteiger partial charge in [0.15, 0.2) is 0 Å². The Morgan fingerprint density at radius 2 is 1.13 bits per heavy atom. The average molecular weight is 209 g/mol. The van der Waals surface area contributed by atoms with Crippen LogP contribution in [0.3, 0.4) is 0 Å². The fraction of sp³-hybridized carbons (Fsp3) is 1.00. The van der Waals surface area contributed by atoms with E-state index in [9.17, 15) is 0 Å². The van der Waals surface area contributed by atoms with Crippen LogP contribution in [0, 0.1) is 5.92 Å². The molecular weight excluding hydrogens is 182 g/mol. The van der Waals surface area contributed by atoms with Crippen LogP contribution >= 0.6 is 0 Å². The van der Waals surface area contributed by atoms with E-state index >= 15 is 0 Å². The maximum atomic E-state index is 6.70. The summed E-state index contributed by atoms with van der Waals surface area (Å²) in [6.45, 7) is 0. The van der Waals surface area contributed by atoms with Gasteiger partial charge in [-0.25, -0.2) is 0 Å². The normalized spacial score (nSPS) is 29.4. The van der Waals surface area contributed by atoms with Crippen molar-refractivity contribution >= 4 is 0 Å². The molecule has 0 aliphatic heterocycles. The number of nitrogens with two attached hydrogens (primary N) is 1. The van der Waals surface area contributed by atoms with E-state index in [2.05, 4.69) is 0 Å². The molecule has 0 aromatic carbocycles. The molecule has 0 bridgehead atoms. The minimum Gasteiger partial charge on any atom is -0.325 e. The van der Waals surface area contributed by atoms with E-state index in [1.165, 1.54) is 77.0 Å². The highest BCUT2D eigenvalue weighted by molar-refractivity contribution is 4.93. The van der Waals surface area contributed by atoms with Crippen molar-refractivity contribution in [2.75, 3.05) is 0 Å². The van der Waals surface area contributed by atoms with Gasteiger partial charge in [-0.05, 0) is 31.6 Å². The first-order valence-corrected chi connectivity index (χ1v) is 7.10. The molecule has 2 N–H and O–H groups in total. The summed E-state index contributed by atoms with van der Waals surface area (Å²) >= 11 is 0. The van der Waals surface area contributed by atoms with Crippen LogP contribution in [0.2, 0.25) is 0 Å². The van der Waals surface area contributed by atoms with Crippen LogP contribution in [0.5, 0.6) is 0 Å². The SMILES string of the molecule is NC1(C2CCCCCC2)CCCCCC1. The summed E-state index contributed by atoms with van der Waals surface area (Å²) in [6, 6.07) is 0. The molecule has 1 nitrogen and oxygen atoms in total. The lowest BCUT2D eigenvalue weighted by molar-refractivity contribution is 0.215. The molecule has 0 amide bonds. The van der Waals surface area contributed by atoms with Gasteiger partial charge >= 0.3 is 0 Å². The maximum absolute atomic E-state index is 6.70. The molecule has 0 atom stereocenters. The van der Waals surface area contributed by atoms with Crippen LogP contribution in [0.1, 0.15) is 77.0 Å². The van der Waals surface area contributed by atoms with Crippen molar-refractivity contribution in [1.29, 1.82) is 0 Å². The quantitative estimate of drug-likeness (QED) is 0.649. The van der Waals surface area contributed by atoms with Crippen LogP contribution in [0.25, 0.3) is 0 Å². The average Bonchev–Trinajstić information content (AvgIpc) is 2.60. The lowest BCUT2D eigenvalue weighted by Gasteiger charge is -2.36. The largest absolute Gasteiger partial charge is 0.325 e. The molecular formula is C14H27N. The minimum atomic E-state index is 0.223. The van der Waals surface area contributed by atoms with Gasteiger partial charge in [0.05, 0.1) is 0 Å². The van der Waals surface area contributed by atoms with Crippen molar-refractivity contribution in [3.05, 3.63) is 0 Å². The van der Waals surface area contributed by atoms with E-state index in [1.807, 2.05) is 0 Å². The van der Waals surface area contributed by atoms with Crippen molar-refractivity contribution in [2.45, 2.75) is 82.6 Å². The third-order valence-corrected chi connectivity index (χ3v) is 4.70. The van der Waals surface area contributed by atoms with E-state index in [-0.39, 0.29) is 5.54 Å². The van der Waals surface area contributed by atoms with Gasteiger partial charge in [0.1, 0.15) is 0 Å². The summed E-state index contributed by atoms with van der Waals surface area (Å²) in [5, 5.41) is 0. The molecule has 2 rings (SSSR count). The van der Waals surface area contributed by atoms with Crippen LogP contribution in [0.15, 0.2) is 0 Å². The summed E-state index contributed by atoms with van der Waals surface area (Å²) < 4.78 is 0. The first kappa shape index (κ1) is 11.4. The predicted octanol–water partition coefficient (Wildman–Crippen LogP) is 4.01. The van der Waals surface area contributed by atoms with Crippen LogP contribution in [0.4, 0.5) is 0 Å². The lowest BCUT2D eigenvalue weighted by Crippen LogP contribution is -2.46. The molecule has 0 radical (unpaired) electrons. The second-order valence-corrected chi connectivity index (χ2v) is 5.84. The Labute approximate surface area is 94.8 Å². The second kappa shape index (κ2) is 5.34. The van der Waals surface area contributed by atoms with Gasteiger partial charge < -0.3 is 5.73 Å². The lowest BCUT2D eigenvalue weighted by atomic mass is 9.75. The van der Waals surface area contributed by atoms with Crippen molar-refractivity contribution in [1.82, 2.24) is 0 Å². The van der Waals surface area contributed by atoms with Crippen molar-refractivity contribution in [3.8, 4) is 0 Å². The minimum absolute atomic E-state index is 0.223. The van der Waals surface area contributed by atoms with Gasteiger partial charge in [-0.1, -0.05) is 51.4 Å². The molecule has 15 heavy (non-hydrogen) atoms. The zero-order valence-corrected chi connectivity index (χ0v) is 10.1. The number of hydrogen-bond acceptors (Lipinski definition) is 1. The Morgan fingerprint density at radius 3 is 1.67 bits per heavy atom. The molecule has 0 saturated heterocycles. The van der Waals surface area contributed by atoms with Gasteiger partial charge in [-0.3, -0.25) is 0 Å². The summed E-state index contributed by atoms with van der Waals surface area (Å²) in [7, 11) is 0. The molecule has 0 unspecified atom stereocenters. The molecule has 1 heteroatoms. The van der Waals surface area contributed by atoms with Gasteiger partial charge in [-0.15, -0.1) is 0 Å². The smallest absolute Gasteiger partial charge is 0.0182 e. The molecule has 2 saturated carbocycles. The standard InChI is InChI=1S/C14H27N/c15-14(11-7-3-4-8-12-14)13-9-5-1-2-6-10-13/h13H,1-12,15H2. The summed E-state index contributed by atoms with van der Waals surface area (Å²) in [5.41, 5.74) is 6.93. The van der Waals surface area contributed by atoms with Crippen molar-refractivity contribution < 1.29 is 0 Å². The van der Waals surface area contributed by atoms with E-state index in [0.29, 0.717) is 0 Å². The summed E-state index contributed by atoms with van der Waals surface area (Å²) in [6.07, 6.45) is 16.8. The first-order chi connectivity index (χ1) is 7.31. The molecule has 88 valence electrons. The fourth-order valence-electron chi connectivity index (χ4n) is 3.65. The van der Waals surface area contributed by atoms with Crippen LogP contribution in [-0.2, 0) is 0 Å². The van der Waals surface area contributed by atoms with E-state index in [1.54, 1.807) is 0 Å². The molecule has 0 heterocycles. The van der Waals surface area contributed by atoms with Crippen molar-refractivity contribution in [3.63, 3.8) is 0 Å². The third-order valence-electron chi connectivity index (χ3n) is 4.70. The van der Waals surface area contributed by atoms with E-state index in [0.717, 1.165) is 5.92 Å². The van der Waals surface area contributed by atoms with E-state index in [4.69, 9.17) is 5.73 Å². The summed E-state index contributed by atoms with van der Waals surface area (Å²) in [4.78, 5) is 0. The molecule has 2 aliphatic carbocycles. The highest BCUT2D eigenvalue weighted by Crippen LogP contribution is 2.38. The molecule has 2 aliphatic rings. The Kier molecular flexibility index (Phi) is 4.07. The first-order valence-electron chi connectivity index (χ1n) is 7.10. The fourth-order valence-corrected chi connectivity index (χ4v) is 3.65. The highest BCUT2D eigenvalue weighted by atomic mass is 14.8. The zero-order valence-electron chi connectivity index (χ0n) is 10.1. The Bertz CT molecular complexity index is 172. The third kappa shape index (κ3) is 2.96. The molecule has 0 spiro atoms. The monoisotopic (exact) mass is 209 g/mol. The number of rotatable bonds is 1. The van der Waals surface area contributed by atoms with Gasteiger partial charge in [-0.2, -0.15) is 0 Å². The van der Waals surface area contributed by atoms with Gasteiger partial charge in [0, 0.05) is 5.54 Å². The molecule has 2 fully saturated rings. The molecule has 0 aromatic rings.